The number of pyridine rings is 1. The highest BCUT2D eigenvalue weighted by Gasteiger charge is 2.55. The summed E-state index contributed by atoms with van der Waals surface area (Å²) in [6, 6.07) is 9.86. The van der Waals surface area contributed by atoms with E-state index in [1.54, 1.807) is 0 Å². The summed E-state index contributed by atoms with van der Waals surface area (Å²) < 4.78 is 0. The van der Waals surface area contributed by atoms with Gasteiger partial charge in [-0.15, -0.1) is 11.3 Å². The quantitative estimate of drug-likeness (QED) is 0.454. The second-order valence-corrected chi connectivity index (χ2v) is 11.3. The van der Waals surface area contributed by atoms with Gasteiger partial charge in [0.1, 0.15) is 4.83 Å². The first kappa shape index (κ1) is 18.8. The number of aryl methyl sites for hydroxylation is 1. The summed E-state index contributed by atoms with van der Waals surface area (Å²) in [4.78, 5) is 20.3. The molecule has 0 aliphatic heterocycles. The molecule has 0 radical (unpaired) electrons. The lowest BCUT2D eigenvalue weighted by Gasteiger charge is -2.55. The first-order valence-electron chi connectivity index (χ1n) is 10.9. The maximum Gasteiger partial charge on any atom is 0.181 e. The summed E-state index contributed by atoms with van der Waals surface area (Å²) in [6.45, 7) is 2.00. The second-order valence-electron chi connectivity index (χ2n) is 9.87. The van der Waals surface area contributed by atoms with Gasteiger partial charge in [-0.1, -0.05) is 23.7 Å². The molecule has 0 saturated heterocycles. The second kappa shape index (κ2) is 6.54. The molecule has 2 N–H and O–H groups in total. The summed E-state index contributed by atoms with van der Waals surface area (Å²) in [7, 11) is 0. The van der Waals surface area contributed by atoms with Crippen molar-refractivity contribution in [1.29, 1.82) is 0 Å². The molecule has 30 heavy (non-hydrogen) atoms. The van der Waals surface area contributed by atoms with E-state index in [4.69, 9.17) is 22.3 Å². The number of ketones is 1. The lowest BCUT2D eigenvalue weighted by Crippen LogP contribution is -2.49. The van der Waals surface area contributed by atoms with E-state index < -0.39 is 0 Å². The van der Waals surface area contributed by atoms with Crippen LogP contribution in [0.5, 0.6) is 0 Å². The highest BCUT2D eigenvalue weighted by atomic mass is 35.5. The number of halogens is 1. The third kappa shape index (κ3) is 2.76. The number of anilines is 1. The minimum absolute atomic E-state index is 0.181. The highest BCUT2D eigenvalue weighted by molar-refractivity contribution is 7.21. The minimum atomic E-state index is -0.181. The van der Waals surface area contributed by atoms with Gasteiger partial charge in [0, 0.05) is 21.5 Å². The molecule has 4 aliphatic carbocycles. The van der Waals surface area contributed by atoms with Crippen molar-refractivity contribution in [1.82, 2.24) is 4.98 Å². The van der Waals surface area contributed by atoms with Crippen LogP contribution in [0.2, 0.25) is 5.02 Å². The Hall–Kier alpha value is -1.91. The normalized spacial score (nSPS) is 29.6. The largest absolute Gasteiger partial charge is 0.397 e. The van der Waals surface area contributed by atoms with Crippen LogP contribution in [0.25, 0.3) is 21.3 Å². The third-order valence-corrected chi connectivity index (χ3v) is 9.06. The molecule has 5 heteroatoms. The van der Waals surface area contributed by atoms with Crippen LogP contribution in [-0.2, 0) is 0 Å². The zero-order valence-electron chi connectivity index (χ0n) is 17.1. The van der Waals surface area contributed by atoms with E-state index in [0.717, 1.165) is 68.9 Å². The van der Waals surface area contributed by atoms with Gasteiger partial charge in [0.25, 0.3) is 0 Å². The summed E-state index contributed by atoms with van der Waals surface area (Å²) >= 11 is 7.59. The molecule has 0 amide bonds. The van der Waals surface area contributed by atoms with Gasteiger partial charge in [-0.25, -0.2) is 4.98 Å². The van der Waals surface area contributed by atoms with Crippen LogP contribution >= 0.6 is 22.9 Å². The Morgan fingerprint density at radius 3 is 2.30 bits per heavy atom. The average molecular weight is 437 g/mol. The molecule has 7 rings (SSSR count). The van der Waals surface area contributed by atoms with Gasteiger partial charge in [0.15, 0.2) is 5.78 Å². The maximum absolute atomic E-state index is 14.0. The van der Waals surface area contributed by atoms with Gasteiger partial charge in [0.2, 0.25) is 0 Å². The van der Waals surface area contributed by atoms with Gasteiger partial charge in [-0.2, -0.15) is 0 Å². The number of aromatic nitrogens is 1. The predicted octanol–water partition coefficient (Wildman–Crippen LogP) is 6.91. The molecule has 0 spiro atoms. The number of rotatable bonds is 3. The van der Waals surface area contributed by atoms with E-state index in [9.17, 15) is 4.79 Å². The molecule has 3 aromatic rings. The monoisotopic (exact) mass is 436 g/mol. The van der Waals surface area contributed by atoms with Crippen molar-refractivity contribution in [2.45, 2.75) is 45.4 Å². The van der Waals surface area contributed by atoms with Crippen molar-refractivity contribution >= 4 is 44.6 Å². The Labute approximate surface area is 185 Å². The van der Waals surface area contributed by atoms with Gasteiger partial charge < -0.3 is 5.73 Å². The average Bonchev–Trinajstić information content (AvgIpc) is 3.02. The topological polar surface area (TPSA) is 56.0 Å². The van der Waals surface area contributed by atoms with Crippen LogP contribution in [0.15, 0.2) is 30.3 Å². The van der Waals surface area contributed by atoms with E-state index in [1.807, 2.05) is 31.2 Å². The molecule has 2 heterocycles. The van der Waals surface area contributed by atoms with Crippen LogP contribution in [0.1, 0.15) is 53.9 Å². The molecule has 3 nitrogen and oxygen atoms in total. The van der Waals surface area contributed by atoms with Gasteiger partial charge in [0.05, 0.1) is 10.6 Å². The molecule has 4 fully saturated rings. The van der Waals surface area contributed by atoms with Gasteiger partial charge >= 0.3 is 0 Å². The maximum atomic E-state index is 14.0. The van der Waals surface area contributed by atoms with Crippen molar-refractivity contribution in [3.63, 3.8) is 0 Å². The van der Waals surface area contributed by atoms with Crippen LogP contribution in [0, 0.1) is 30.1 Å². The van der Waals surface area contributed by atoms with E-state index in [2.05, 4.69) is 6.07 Å². The number of carbonyl (C=O) groups excluding carboxylic acids is 1. The fraction of sp³-hybridized carbons (Fsp3) is 0.440. The standard InChI is InChI=1S/C25H25ClN2OS/c1-13-6-19(17-2-4-18(26)5-3-17)20-21(27)22(30-24(20)28-13)23(29)25-10-14-7-15(11-25)9-16(8-14)12-25/h2-6,14-16H,7-12,27H2,1H3. The molecule has 0 atom stereocenters. The summed E-state index contributed by atoms with van der Waals surface area (Å²) in [5, 5.41) is 1.62. The Bertz CT molecular complexity index is 1140. The van der Waals surface area contributed by atoms with Crippen molar-refractivity contribution in [2.24, 2.45) is 23.2 Å². The number of nitrogen functional groups attached to an aromatic ring is 1. The summed E-state index contributed by atoms with van der Waals surface area (Å²) in [5.74, 6) is 2.50. The van der Waals surface area contributed by atoms with Crippen molar-refractivity contribution in [2.75, 3.05) is 5.73 Å². The Kier molecular flexibility index (Phi) is 4.11. The zero-order valence-corrected chi connectivity index (χ0v) is 18.7. The Morgan fingerprint density at radius 1 is 1.10 bits per heavy atom. The molecule has 4 aliphatic rings. The first-order valence-corrected chi connectivity index (χ1v) is 12.1. The number of carbonyl (C=O) groups is 1. The SMILES string of the molecule is Cc1cc(-c2ccc(Cl)cc2)c2c(N)c(C(=O)C34CC5CC(CC(C5)C3)C4)sc2n1. The lowest BCUT2D eigenvalue weighted by atomic mass is 9.48. The number of nitrogens with zero attached hydrogens (tertiary/aromatic N) is 1. The number of Topliss-reactive ketones (excluding diaryl/α,β-unsaturated/α-hetero) is 1. The number of hydrogen-bond donors (Lipinski definition) is 1. The summed E-state index contributed by atoms with van der Waals surface area (Å²) in [5.41, 5.74) is 10.2. The summed E-state index contributed by atoms with van der Waals surface area (Å²) in [6.07, 6.45) is 7.16. The van der Waals surface area contributed by atoms with Crippen LogP contribution < -0.4 is 5.73 Å². The van der Waals surface area contributed by atoms with Gasteiger partial charge in [-0.3, -0.25) is 4.79 Å². The van der Waals surface area contributed by atoms with Crippen molar-refractivity contribution in [3.8, 4) is 11.1 Å². The number of fused-ring (bicyclic) bond motifs is 1. The fourth-order valence-electron chi connectivity index (χ4n) is 6.90. The van der Waals surface area contributed by atoms with Crippen LogP contribution in [0.3, 0.4) is 0 Å². The van der Waals surface area contributed by atoms with E-state index in [0.29, 0.717) is 16.5 Å². The predicted molar refractivity (Wildman–Crippen MR) is 124 cm³/mol. The van der Waals surface area contributed by atoms with Crippen molar-refractivity contribution in [3.05, 3.63) is 45.9 Å². The van der Waals surface area contributed by atoms with E-state index in [-0.39, 0.29) is 5.41 Å². The molecule has 4 saturated carbocycles. The smallest absolute Gasteiger partial charge is 0.181 e. The zero-order chi connectivity index (χ0) is 20.6. The molecule has 154 valence electrons. The van der Waals surface area contributed by atoms with Crippen molar-refractivity contribution < 1.29 is 4.79 Å². The van der Waals surface area contributed by atoms with Crippen LogP contribution in [0.4, 0.5) is 5.69 Å². The number of thiophene rings is 1. The van der Waals surface area contributed by atoms with E-state index in [1.165, 1.54) is 30.6 Å². The number of nitrogens with two attached hydrogens (primary N) is 1. The first-order chi connectivity index (χ1) is 14.4. The number of benzene rings is 1. The van der Waals surface area contributed by atoms with Crippen LogP contribution in [-0.4, -0.2) is 10.8 Å². The Morgan fingerprint density at radius 2 is 1.70 bits per heavy atom. The fourth-order valence-corrected chi connectivity index (χ4v) is 8.25. The number of hydrogen-bond acceptors (Lipinski definition) is 4. The van der Waals surface area contributed by atoms with Gasteiger partial charge in [-0.05, 0) is 92.5 Å². The molecule has 4 bridgehead atoms. The third-order valence-electron chi connectivity index (χ3n) is 7.71. The van der Waals surface area contributed by atoms with E-state index >= 15 is 0 Å². The molecule has 2 aromatic heterocycles. The molecule has 0 unspecified atom stereocenters. The molecule has 1 aromatic carbocycles. The highest BCUT2D eigenvalue weighted by Crippen LogP contribution is 2.61. The minimum Gasteiger partial charge on any atom is -0.397 e. The lowest BCUT2D eigenvalue weighted by molar-refractivity contribution is -0.0350. The Balaban J connectivity index is 1.48. The molecular formula is C25H25ClN2OS. The molecular weight excluding hydrogens is 412 g/mol.